The highest BCUT2D eigenvalue weighted by molar-refractivity contribution is 5.59. The molecule has 0 aliphatic rings. The normalized spacial score (nSPS) is 11.3. The van der Waals surface area contributed by atoms with Gasteiger partial charge in [0, 0.05) is 44.4 Å². The molecule has 9 nitrogen and oxygen atoms in total. The zero-order chi connectivity index (χ0) is 48.9. The van der Waals surface area contributed by atoms with Crippen LogP contribution in [0.15, 0.2) is 182 Å². The predicted octanol–water partition coefficient (Wildman–Crippen LogP) is 11.8. The smallest absolute Gasteiger partial charge is 0.122 e. The molecule has 0 atom stereocenters. The van der Waals surface area contributed by atoms with Gasteiger partial charge in [-0.1, -0.05) is 109 Å². The number of hydrogen-bond donors (Lipinski definition) is 9. The van der Waals surface area contributed by atoms with Crippen molar-refractivity contribution in [2.24, 2.45) is 0 Å². The summed E-state index contributed by atoms with van der Waals surface area (Å²) in [6.07, 6.45) is 1.90. The fraction of sp³-hybridized carbons (Fsp3) is 0.115. The van der Waals surface area contributed by atoms with Gasteiger partial charge in [-0.05, 0) is 156 Å². The molecule has 9 rings (SSSR count). The summed E-state index contributed by atoms with van der Waals surface area (Å²) < 4.78 is 0. The summed E-state index contributed by atoms with van der Waals surface area (Å²) in [6.45, 7) is 0. The van der Waals surface area contributed by atoms with E-state index in [2.05, 4.69) is 0 Å². The largest absolute Gasteiger partial charge is 0.508 e. The zero-order valence-electron chi connectivity index (χ0n) is 38.2. The Bertz CT molecular complexity index is 2690. The summed E-state index contributed by atoms with van der Waals surface area (Å²) in [5, 5.41) is 97.7. The first-order valence-corrected chi connectivity index (χ1v) is 23.0. The number of phenolic OH excluding ortho intramolecular Hbond substituents is 9. The molecule has 9 N–H and O–H groups in total. The highest BCUT2D eigenvalue weighted by Gasteiger charge is 2.26. The van der Waals surface area contributed by atoms with Crippen molar-refractivity contribution in [2.75, 3.05) is 0 Å². The monoisotopic (exact) mass is 928 g/mol. The van der Waals surface area contributed by atoms with Gasteiger partial charge in [-0.2, -0.15) is 0 Å². The first kappa shape index (κ1) is 46.3. The van der Waals surface area contributed by atoms with E-state index in [-0.39, 0.29) is 51.7 Å². The first-order valence-electron chi connectivity index (χ1n) is 23.0. The average molecular weight is 929 g/mol. The van der Waals surface area contributed by atoms with Gasteiger partial charge in [-0.15, -0.1) is 0 Å². The average Bonchev–Trinajstić information content (AvgIpc) is 3.35. The molecule has 0 heterocycles. The summed E-state index contributed by atoms with van der Waals surface area (Å²) in [5.41, 5.74) is 11.3. The summed E-state index contributed by atoms with van der Waals surface area (Å²) in [5.74, 6) is 0.399. The van der Waals surface area contributed by atoms with Crippen LogP contribution in [0.5, 0.6) is 51.7 Å². The molecule has 0 unspecified atom stereocenters. The zero-order valence-corrected chi connectivity index (χ0v) is 38.2. The Morgan fingerprint density at radius 2 is 0.357 bits per heavy atom. The van der Waals surface area contributed by atoms with E-state index < -0.39 is 5.92 Å². The molecular formula is C61H52O9. The standard InChI is InChI=1S/C61H52O9/c62-52-13-1-37(2-14-52)25-46-31-43(32-47(59(46)68)26-38-3-15-53(63)16-4-38)58(44-33-48(27-39-5-17-54(64)18-6-39)60(69)49(34-44)28-40-7-19-55(65)20-8-40)45-35-50(29-41-9-21-56(66)22-10-41)61(70)51(36-45)30-42-11-23-57(67)24-12-42/h1-24,31-36,58,62-70H,25-30H2. The van der Waals surface area contributed by atoms with Crippen LogP contribution in [-0.4, -0.2) is 46.0 Å². The number of rotatable bonds is 15. The Morgan fingerprint density at radius 3 is 0.500 bits per heavy atom. The lowest BCUT2D eigenvalue weighted by Gasteiger charge is -2.26. The van der Waals surface area contributed by atoms with Crippen molar-refractivity contribution in [2.45, 2.75) is 44.4 Å². The maximum absolute atomic E-state index is 12.2. The van der Waals surface area contributed by atoms with Gasteiger partial charge < -0.3 is 46.0 Å². The van der Waals surface area contributed by atoms with Crippen LogP contribution < -0.4 is 0 Å². The van der Waals surface area contributed by atoms with E-state index in [0.717, 1.165) is 50.1 Å². The third kappa shape index (κ3) is 11.0. The van der Waals surface area contributed by atoms with Gasteiger partial charge >= 0.3 is 0 Å². The second-order valence-electron chi connectivity index (χ2n) is 18.1. The van der Waals surface area contributed by atoms with Crippen molar-refractivity contribution in [3.8, 4) is 51.7 Å². The van der Waals surface area contributed by atoms with Gasteiger partial charge in [0.1, 0.15) is 51.7 Å². The molecule has 9 aromatic rings. The summed E-state index contributed by atoms with van der Waals surface area (Å²) >= 11 is 0. The quantitative estimate of drug-likeness (QED) is 0.0452. The van der Waals surface area contributed by atoms with Crippen LogP contribution in [0.3, 0.4) is 0 Å². The highest BCUT2D eigenvalue weighted by atomic mass is 16.3. The third-order valence-electron chi connectivity index (χ3n) is 12.9. The van der Waals surface area contributed by atoms with Crippen molar-refractivity contribution in [3.63, 3.8) is 0 Å². The lowest BCUT2D eigenvalue weighted by atomic mass is 9.79. The SMILES string of the molecule is Oc1ccc(Cc2cc(C(c3cc(Cc4ccc(O)cc4)c(O)c(Cc4ccc(O)cc4)c3)c3cc(Cc4ccc(O)cc4)c(O)c(Cc4ccc(O)cc4)c3)cc(Cc3ccc(O)cc3)c2O)cc1. The molecule has 0 saturated carbocycles. The molecule has 0 aliphatic carbocycles. The summed E-state index contributed by atoms with van der Waals surface area (Å²) in [4.78, 5) is 0. The van der Waals surface area contributed by atoms with E-state index in [9.17, 15) is 46.0 Å². The van der Waals surface area contributed by atoms with Crippen LogP contribution in [0.4, 0.5) is 0 Å². The van der Waals surface area contributed by atoms with E-state index in [4.69, 9.17) is 0 Å². The molecule has 350 valence electrons. The van der Waals surface area contributed by atoms with Gasteiger partial charge in [0.2, 0.25) is 0 Å². The fourth-order valence-electron chi connectivity index (χ4n) is 9.25. The molecule has 9 aromatic carbocycles. The Morgan fingerprint density at radius 1 is 0.214 bits per heavy atom. The van der Waals surface area contributed by atoms with Crippen LogP contribution in [0.2, 0.25) is 0 Å². The minimum Gasteiger partial charge on any atom is -0.508 e. The van der Waals surface area contributed by atoms with E-state index in [1.165, 1.54) is 0 Å². The lowest BCUT2D eigenvalue weighted by molar-refractivity contribution is 0.463. The third-order valence-corrected chi connectivity index (χ3v) is 12.9. The van der Waals surface area contributed by atoms with Crippen molar-refractivity contribution in [1.29, 1.82) is 0 Å². The van der Waals surface area contributed by atoms with Crippen molar-refractivity contribution < 1.29 is 46.0 Å². The van der Waals surface area contributed by atoms with Crippen molar-refractivity contribution in [1.82, 2.24) is 0 Å². The van der Waals surface area contributed by atoms with Crippen LogP contribution >= 0.6 is 0 Å². The minimum atomic E-state index is -0.604. The molecule has 0 fully saturated rings. The van der Waals surface area contributed by atoms with E-state index in [1.54, 1.807) is 72.8 Å². The van der Waals surface area contributed by atoms with Gasteiger partial charge in [0.05, 0.1) is 0 Å². The van der Waals surface area contributed by atoms with E-state index in [1.807, 2.05) is 109 Å². The van der Waals surface area contributed by atoms with Gasteiger partial charge in [-0.3, -0.25) is 0 Å². The topological polar surface area (TPSA) is 182 Å². The van der Waals surface area contributed by atoms with Crippen molar-refractivity contribution >= 4 is 0 Å². The van der Waals surface area contributed by atoms with E-state index in [0.29, 0.717) is 71.9 Å². The van der Waals surface area contributed by atoms with Crippen LogP contribution in [0.25, 0.3) is 0 Å². The van der Waals surface area contributed by atoms with Gasteiger partial charge in [0.15, 0.2) is 0 Å². The van der Waals surface area contributed by atoms with Crippen LogP contribution in [-0.2, 0) is 38.5 Å². The molecule has 0 spiro atoms. The molecule has 0 bridgehead atoms. The first-order chi connectivity index (χ1) is 33.8. The fourth-order valence-corrected chi connectivity index (χ4v) is 9.25. The molecule has 0 aliphatic heterocycles. The Labute approximate surface area is 406 Å². The maximum Gasteiger partial charge on any atom is 0.122 e. The Hall–Kier alpha value is -8.82. The second-order valence-corrected chi connectivity index (χ2v) is 18.1. The van der Waals surface area contributed by atoms with Crippen molar-refractivity contribution in [3.05, 3.63) is 265 Å². The van der Waals surface area contributed by atoms with Gasteiger partial charge in [-0.25, -0.2) is 0 Å². The number of benzene rings is 9. The predicted molar refractivity (Wildman–Crippen MR) is 271 cm³/mol. The Balaban J connectivity index is 1.31. The molecule has 0 saturated heterocycles. The Kier molecular flexibility index (Phi) is 13.4. The molecule has 0 aromatic heterocycles. The summed E-state index contributed by atoms with van der Waals surface area (Å²) in [7, 11) is 0. The lowest BCUT2D eigenvalue weighted by Crippen LogP contribution is -2.10. The number of phenols is 9. The number of hydrogen-bond acceptors (Lipinski definition) is 9. The number of aromatic hydroxyl groups is 9. The molecule has 0 amide bonds. The maximum atomic E-state index is 12.2. The summed E-state index contributed by atoms with van der Waals surface area (Å²) in [6, 6.07) is 53.1. The van der Waals surface area contributed by atoms with E-state index >= 15 is 0 Å². The highest BCUT2D eigenvalue weighted by Crippen LogP contribution is 2.43. The van der Waals surface area contributed by atoms with Crippen LogP contribution in [0, 0.1) is 0 Å². The molecule has 70 heavy (non-hydrogen) atoms. The molecule has 0 radical (unpaired) electrons. The molecule has 9 heteroatoms. The van der Waals surface area contributed by atoms with Crippen LogP contribution in [0.1, 0.15) is 89.4 Å². The molecular weight excluding hydrogens is 877 g/mol. The van der Waals surface area contributed by atoms with Gasteiger partial charge in [0.25, 0.3) is 0 Å². The minimum absolute atomic E-state index is 0.0992. The second kappa shape index (κ2) is 20.2.